The lowest BCUT2D eigenvalue weighted by molar-refractivity contribution is 0.0820. The minimum atomic E-state index is -0.471. The van der Waals surface area contributed by atoms with Crippen molar-refractivity contribution in [1.82, 2.24) is 10.5 Å². The molecule has 124 valence electrons. The minimum Gasteiger partial charge on any atom is -0.461 e. The van der Waals surface area contributed by atoms with Crippen molar-refractivity contribution in [1.29, 1.82) is 0 Å². The van der Waals surface area contributed by atoms with Crippen LogP contribution in [0.4, 0.5) is 4.39 Å². The standard InChI is InChI=1S/C17H15FN2O4/c1-22-16(11-4-2-5-12(18)8-11)10-19-17(21)13-9-15(24-20-13)14-6-3-7-23-14/h2-9,16H,10H2,1H3,(H,19,21)/t16-/m1/s1. The number of aromatic nitrogens is 1. The SMILES string of the molecule is CO[C@H](CNC(=O)c1cc(-c2ccco2)on1)c1cccc(F)c1. The Kier molecular flexibility index (Phi) is 4.72. The maximum atomic E-state index is 13.3. The van der Waals surface area contributed by atoms with Crippen molar-refractivity contribution in [3.63, 3.8) is 0 Å². The number of ether oxygens (including phenoxy) is 1. The van der Waals surface area contributed by atoms with Gasteiger partial charge < -0.3 is 19.0 Å². The van der Waals surface area contributed by atoms with Crippen molar-refractivity contribution in [2.24, 2.45) is 0 Å². The molecule has 7 heteroatoms. The zero-order valence-corrected chi connectivity index (χ0v) is 12.9. The lowest BCUT2D eigenvalue weighted by atomic mass is 10.1. The van der Waals surface area contributed by atoms with Crippen LogP contribution in [-0.2, 0) is 4.74 Å². The molecule has 0 aliphatic carbocycles. The molecule has 0 saturated carbocycles. The molecule has 1 atom stereocenters. The van der Waals surface area contributed by atoms with Crippen LogP contribution in [0.1, 0.15) is 22.2 Å². The van der Waals surface area contributed by atoms with Crippen molar-refractivity contribution < 1.29 is 22.9 Å². The number of nitrogens with one attached hydrogen (secondary N) is 1. The third kappa shape index (κ3) is 3.52. The van der Waals surface area contributed by atoms with Gasteiger partial charge in [-0.25, -0.2) is 4.39 Å². The number of rotatable bonds is 6. The highest BCUT2D eigenvalue weighted by atomic mass is 19.1. The summed E-state index contributed by atoms with van der Waals surface area (Å²) in [5.74, 6) is 0.0603. The van der Waals surface area contributed by atoms with Gasteiger partial charge in [-0.2, -0.15) is 0 Å². The van der Waals surface area contributed by atoms with Crippen LogP contribution in [0.25, 0.3) is 11.5 Å². The van der Waals surface area contributed by atoms with Crippen molar-refractivity contribution >= 4 is 5.91 Å². The van der Waals surface area contributed by atoms with Gasteiger partial charge in [-0.1, -0.05) is 17.3 Å². The first-order chi connectivity index (χ1) is 11.7. The smallest absolute Gasteiger partial charge is 0.273 e. The van der Waals surface area contributed by atoms with Crippen LogP contribution in [-0.4, -0.2) is 24.7 Å². The topological polar surface area (TPSA) is 77.5 Å². The predicted molar refractivity (Wildman–Crippen MR) is 82.7 cm³/mol. The number of carbonyl (C=O) groups is 1. The number of nitrogens with zero attached hydrogens (tertiary/aromatic N) is 1. The second-order valence-electron chi connectivity index (χ2n) is 5.04. The number of carbonyl (C=O) groups excluding carboxylic acids is 1. The molecule has 0 radical (unpaired) electrons. The van der Waals surface area contributed by atoms with Crippen molar-refractivity contribution in [3.05, 3.63) is 65.8 Å². The largest absolute Gasteiger partial charge is 0.461 e. The zero-order valence-electron chi connectivity index (χ0n) is 12.9. The van der Waals surface area contributed by atoms with E-state index in [0.29, 0.717) is 17.1 Å². The third-order valence-corrected chi connectivity index (χ3v) is 3.46. The van der Waals surface area contributed by atoms with Gasteiger partial charge >= 0.3 is 0 Å². The van der Waals surface area contributed by atoms with E-state index in [1.165, 1.54) is 31.6 Å². The predicted octanol–water partition coefficient (Wildman–Crippen LogP) is 3.19. The first-order valence-electron chi connectivity index (χ1n) is 7.24. The normalized spacial score (nSPS) is 12.1. The fraction of sp³-hybridized carbons (Fsp3) is 0.176. The summed E-state index contributed by atoms with van der Waals surface area (Å²) in [7, 11) is 1.49. The monoisotopic (exact) mass is 330 g/mol. The number of hydrogen-bond acceptors (Lipinski definition) is 5. The Morgan fingerprint density at radius 1 is 1.29 bits per heavy atom. The molecule has 0 unspecified atom stereocenters. The van der Waals surface area contributed by atoms with E-state index in [4.69, 9.17) is 13.7 Å². The highest BCUT2D eigenvalue weighted by molar-refractivity contribution is 5.92. The van der Waals surface area contributed by atoms with Gasteiger partial charge in [0.1, 0.15) is 5.82 Å². The fourth-order valence-corrected chi connectivity index (χ4v) is 2.24. The van der Waals surface area contributed by atoms with Gasteiger partial charge in [0.2, 0.25) is 5.76 Å². The third-order valence-electron chi connectivity index (χ3n) is 3.46. The average molecular weight is 330 g/mol. The van der Waals surface area contributed by atoms with Crippen LogP contribution in [0.2, 0.25) is 0 Å². The summed E-state index contributed by atoms with van der Waals surface area (Å²) in [6, 6.07) is 10.9. The highest BCUT2D eigenvalue weighted by Gasteiger charge is 2.17. The van der Waals surface area contributed by atoms with Crippen LogP contribution < -0.4 is 5.32 Å². The van der Waals surface area contributed by atoms with E-state index in [1.54, 1.807) is 24.3 Å². The second-order valence-corrected chi connectivity index (χ2v) is 5.04. The van der Waals surface area contributed by atoms with Crippen LogP contribution in [0, 0.1) is 5.82 Å². The maximum absolute atomic E-state index is 13.3. The Bertz CT molecular complexity index is 814. The van der Waals surface area contributed by atoms with E-state index < -0.39 is 12.0 Å². The van der Waals surface area contributed by atoms with Gasteiger partial charge in [-0.3, -0.25) is 4.79 Å². The number of halogens is 1. The van der Waals surface area contributed by atoms with Gasteiger partial charge in [-0.05, 0) is 29.8 Å². The Morgan fingerprint density at radius 2 is 2.17 bits per heavy atom. The minimum absolute atomic E-state index is 0.121. The van der Waals surface area contributed by atoms with Gasteiger partial charge in [0.05, 0.1) is 12.4 Å². The summed E-state index contributed by atoms with van der Waals surface area (Å²) >= 11 is 0. The number of methoxy groups -OCH3 is 1. The molecule has 2 aromatic heterocycles. The van der Waals surface area contributed by atoms with E-state index in [0.717, 1.165) is 0 Å². The number of hydrogen-bond donors (Lipinski definition) is 1. The van der Waals surface area contributed by atoms with Crippen molar-refractivity contribution in [2.45, 2.75) is 6.10 Å². The van der Waals surface area contributed by atoms with Crippen LogP contribution in [0.3, 0.4) is 0 Å². The van der Waals surface area contributed by atoms with Gasteiger partial charge in [0.15, 0.2) is 11.5 Å². The molecule has 0 aliphatic rings. The Hall–Kier alpha value is -2.93. The lowest BCUT2D eigenvalue weighted by Crippen LogP contribution is -2.29. The fourth-order valence-electron chi connectivity index (χ4n) is 2.24. The molecule has 3 aromatic rings. The summed E-state index contributed by atoms with van der Waals surface area (Å²) in [5, 5.41) is 6.40. The molecule has 6 nitrogen and oxygen atoms in total. The summed E-state index contributed by atoms with van der Waals surface area (Å²) < 4.78 is 28.8. The van der Waals surface area contributed by atoms with Crippen LogP contribution in [0.15, 0.2) is 57.7 Å². The van der Waals surface area contributed by atoms with Gasteiger partial charge in [0.25, 0.3) is 5.91 Å². The van der Waals surface area contributed by atoms with Crippen LogP contribution in [0.5, 0.6) is 0 Å². The number of amides is 1. The molecule has 24 heavy (non-hydrogen) atoms. The molecule has 0 saturated heterocycles. The van der Waals surface area contributed by atoms with Crippen molar-refractivity contribution in [3.8, 4) is 11.5 Å². The summed E-state index contributed by atoms with van der Waals surface area (Å²) in [5.41, 5.74) is 0.754. The first-order valence-corrected chi connectivity index (χ1v) is 7.24. The zero-order chi connectivity index (χ0) is 16.9. The molecule has 1 aromatic carbocycles. The first kappa shape index (κ1) is 15.9. The summed E-state index contributed by atoms with van der Waals surface area (Å²) in [6.07, 6.45) is 1.03. The van der Waals surface area contributed by atoms with Crippen LogP contribution >= 0.6 is 0 Å². The molecule has 2 heterocycles. The molecule has 0 spiro atoms. The Labute approximate surface area is 137 Å². The molecular formula is C17H15FN2O4. The molecule has 0 bridgehead atoms. The lowest BCUT2D eigenvalue weighted by Gasteiger charge is -2.16. The van der Waals surface area contributed by atoms with E-state index in [2.05, 4.69) is 10.5 Å². The van der Waals surface area contributed by atoms with E-state index in [9.17, 15) is 9.18 Å². The molecule has 3 rings (SSSR count). The number of benzene rings is 1. The van der Waals surface area contributed by atoms with E-state index >= 15 is 0 Å². The molecule has 0 aliphatic heterocycles. The van der Waals surface area contributed by atoms with E-state index in [-0.39, 0.29) is 18.1 Å². The molecule has 0 fully saturated rings. The Balaban J connectivity index is 1.64. The molecular weight excluding hydrogens is 315 g/mol. The highest BCUT2D eigenvalue weighted by Crippen LogP contribution is 2.21. The quantitative estimate of drug-likeness (QED) is 0.751. The van der Waals surface area contributed by atoms with Crippen molar-refractivity contribution in [2.75, 3.05) is 13.7 Å². The maximum Gasteiger partial charge on any atom is 0.273 e. The summed E-state index contributed by atoms with van der Waals surface area (Å²) in [4.78, 5) is 12.2. The van der Waals surface area contributed by atoms with Gasteiger partial charge in [0, 0.05) is 19.7 Å². The second kappa shape index (κ2) is 7.10. The summed E-state index contributed by atoms with van der Waals surface area (Å²) in [6.45, 7) is 0.168. The van der Waals surface area contributed by atoms with E-state index in [1.807, 2.05) is 0 Å². The average Bonchev–Trinajstić information content (AvgIpc) is 3.26. The molecule has 1 N–H and O–H groups in total. The van der Waals surface area contributed by atoms with Gasteiger partial charge in [-0.15, -0.1) is 0 Å². The number of furan rings is 1. The Morgan fingerprint density at radius 3 is 2.88 bits per heavy atom. The molecule has 1 amide bonds.